The van der Waals surface area contributed by atoms with Gasteiger partial charge in [-0.3, -0.25) is 0 Å². The van der Waals surface area contributed by atoms with Crippen molar-refractivity contribution in [2.75, 3.05) is 34.5 Å². The molecule has 1 aliphatic rings. The first-order chi connectivity index (χ1) is 9.61. The summed E-state index contributed by atoms with van der Waals surface area (Å²) in [6.45, 7) is 4.42. The average molecular weight is 281 g/mol. The molecule has 1 atom stereocenters. The summed E-state index contributed by atoms with van der Waals surface area (Å²) in [6.07, 6.45) is 1.02. The fourth-order valence-electron chi connectivity index (χ4n) is 2.35. The molecule has 1 aromatic rings. The number of ether oxygens (including phenoxy) is 4. The van der Waals surface area contributed by atoms with E-state index < -0.39 is 0 Å². The van der Waals surface area contributed by atoms with Gasteiger partial charge in [-0.15, -0.1) is 0 Å². The SMILES string of the molecule is COc1cc(OC)c(OC)cc1CNC1(C)CCOC1. The van der Waals surface area contributed by atoms with Crippen LogP contribution >= 0.6 is 0 Å². The summed E-state index contributed by atoms with van der Waals surface area (Å²) in [4.78, 5) is 0. The van der Waals surface area contributed by atoms with Crippen molar-refractivity contribution >= 4 is 0 Å². The van der Waals surface area contributed by atoms with E-state index in [2.05, 4.69) is 12.2 Å². The standard InChI is InChI=1S/C15H23NO4/c1-15(5-6-20-10-15)16-9-11-7-13(18-3)14(19-4)8-12(11)17-2/h7-8,16H,5-6,9-10H2,1-4H3. The molecule has 0 aromatic heterocycles. The average Bonchev–Trinajstić information content (AvgIpc) is 2.91. The molecule has 1 unspecified atom stereocenters. The van der Waals surface area contributed by atoms with Crippen molar-refractivity contribution in [3.05, 3.63) is 17.7 Å². The van der Waals surface area contributed by atoms with Crippen LogP contribution in [0, 0.1) is 0 Å². The van der Waals surface area contributed by atoms with Crippen LogP contribution in [0.3, 0.4) is 0 Å². The van der Waals surface area contributed by atoms with Gasteiger partial charge in [0, 0.05) is 30.3 Å². The van der Waals surface area contributed by atoms with Gasteiger partial charge in [-0.1, -0.05) is 0 Å². The van der Waals surface area contributed by atoms with Gasteiger partial charge in [0.15, 0.2) is 11.5 Å². The molecular formula is C15H23NO4. The highest BCUT2D eigenvalue weighted by Crippen LogP contribution is 2.35. The van der Waals surface area contributed by atoms with Crippen LogP contribution in [0.5, 0.6) is 17.2 Å². The third-order valence-corrected chi connectivity index (χ3v) is 3.71. The number of nitrogens with one attached hydrogen (secondary N) is 1. The third-order valence-electron chi connectivity index (χ3n) is 3.71. The van der Waals surface area contributed by atoms with E-state index >= 15 is 0 Å². The number of hydrogen-bond acceptors (Lipinski definition) is 5. The second kappa shape index (κ2) is 6.33. The molecule has 1 aliphatic heterocycles. The maximum Gasteiger partial charge on any atom is 0.164 e. The minimum Gasteiger partial charge on any atom is -0.496 e. The first kappa shape index (κ1) is 14.9. The largest absolute Gasteiger partial charge is 0.496 e. The van der Waals surface area contributed by atoms with E-state index in [1.807, 2.05) is 12.1 Å². The van der Waals surface area contributed by atoms with Crippen LogP contribution in [-0.4, -0.2) is 40.1 Å². The van der Waals surface area contributed by atoms with Gasteiger partial charge in [0.25, 0.3) is 0 Å². The number of benzene rings is 1. The molecular weight excluding hydrogens is 258 g/mol. The van der Waals surface area contributed by atoms with Crippen molar-refractivity contribution in [2.45, 2.75) is 25.4 Å². The van der Waals surface area contributed by atoms with E-state index in [1.54, 1.807) is 21.3 Å². The van der Waals surface area contributed by atoms with Gasteiger partial charge in [0.05, 0.1) is 27.9 Å². The van der Waals surface area contributed by atoms with E-state index in [-0.39, 0.29) is 5.54 Å². The maximum absolute atomic E-state index is 5.45. The summed E-state index contributed by atoms with van der Waals surface area (Å²) in [5.41, 5.74) is 1.07. The van der Waals surface area contributed by atoms with Gasteiger partial charge < -0.3 is 24.3 Å². The second-order valence-corrected chi connectivity index (χ2v) is 5.24. The molecule has 0 saturated carbocycles. The Balaban J connectivity index is 2.17. The molecule has 1 saturated heterocycles. The van der Waals surface area contributed by atoms with Crippen molar-refractivity contribution in [2.24, 2.45) is 0 Å². The van der Waals surface area contributed by atoms with Gasteiger partial charge in [-0.05, 0) is 19.4 Å². The quantitative estimate of drug-likeness (QED) is 0.864. The summed E-state index contributed by atoms with van der Waals surface area (Å²) in [7, 11) is 4.91. The molecule has 0 spiro atoms. The van der Waals surface area contributed by atoms with Crippen LogP contribution in [-0.2, 0) is 11.3 Å². The molecule has 0 bridgehead atoms. The summed E-state index contributed by atoms with van der Waals surface area (Å²) in [6, 6.07) is 3.80. The molecule has 1 heterocycles. The predicted molar refractivity (Wildman–Crippen MR) is 76.8 cm³/mol. The second-order valence-electron chi connectivity index (χ2n) is 5.24. The zero-order chi connectivity index (χ0) is 14.6. The van der Waals surface area contributed by atoms with Crippen LogP contribution in [0.15, 0.2) is 12.1 Å². The van der Waals surface area contributed by atoms with Gasteiger partial charge in [0.2, 0.25) is 0 Å². The van der Waals surface area contributed by atoms with E-state index in [0.29, 0.717) is 18.0 Å². The molecule has 0 amide bonds. The normalized spacial score (nSPS) is 21.8. The highest BCUT2D eigenvalue weighted by Gasteiger charge is 2.29. The molecule has 2 rings (SSSR count). The van der Waals surface area contributed by atoms with Gasteiger partial charge in [-0.2, -0.15) is 0 Å². The van der Waals surface area contributed by atoms with E-state index in [1.165, 1.54) is 0 Å². The van der Waals surface area contributed by atoms with Crippen molar-refractivity contribution in [3.63, 3.8) is 0 Å². The van der Waals surface area contributed by atoms with Crippen LogP contribution < -0.4 is 19.5 Å². The fourth-order valence-corrected chi connectivity index (χ4v) is 2.35. The van der Waals surface area contributed by atoms with Crippen molar-refractivity contribution < 1.29 is 18.9 Å². The minimum absolute atomic E-state index is 0.0260. The predicted octanol–water partition coefficient (Wildman–Crippen LogP) is 1.98. The van der Waals surface area contributed by atoms with Crippen LogP contribution in [0.1, 0.15) is 18.9 Å². The van der Waals surface area contributed by atoms with E-state index in [0.717, 1.165) is 30.9 Å². The first-order valence-corrected chi connectivity index (χ1v) is 6.73. The number of methoxy groups -OCH3 is 3. The minimum atomic E-state index is 0.0260. The Kier molecular flexibility index (Phi) is 4.73. The lowest BCUT2D eigenvalue weighted by Gasteiger charge is -2.24. The molecule has 1 aromatic carbocycles. The monoisotopic (exact) mass is 281 g/mol. The number of hydrogen-bond donors (Lipinski definition) is 1. The van der Waals surface area contributed by atoms with Gasteiger partial charge in [0.1, 0.15) is 5.75 Å². The summed E-state index contributed by atoms with van der Waals surface area (Å²) >= 11 is 0. The topological polar surface area (TPSA) is 49.0 Å². The van der Waals surface area contributed by atoms with Crippen molar-refractivity contribution in [1.82, 2.24) is 5.32 Å². The Morgan fingerprint density at radius 3 is 2.30 bits per heavy atom. The molecule has 20 heavy (non-hydrogen) atoms. The highest BCUT2D eigenvalue weighted by molar-refractivity contribution is 5.50. The Bertz CT molecular complexity index is 455. The molecule has 0 aliphatic carbocycles. The van der Waals surface area contributed by atoms with Crippen molar-refractivity contribution in [1.29, 1.82) is 0 Å². The zero-order valence-corrected chi connectivity index (χ0v) is 12.6. The van der Waals surface area contributed by atoms with Gasteiger partial charge >= 0.3 is 0 Å². The first-order valence-electron chi connectivity index (χ1n) is 6.73. The van der Waals surface area contributed by atoms with E-state index in [9.17, 15) is 0 Å². The maximum atomic E-state index is 5.45. The fraction of sp³-hybridized carbons (Fsp3) is 0.600. The summed E-state index contributed by atoms with van der Waals surface area (Å²) in [5.74, 6) is 2.17. The molecule has 112 valence electrons. The molecule has 1 fully saturated rings. The Morgan fingerprint density at radius 1 is 1.10 bits per heavy atom. The number of rotatable bonds is 6. The Hall–Kier alpha value is -1.46. The van der Waals surface area contributed by atoms with Gasteiger partial charge in [-0.25, -0.2) is 0 Å². The smallest absolute Gasteiger partial charge is 0.164 e. The molecule has 5 heteroatoms. The Labute approximate surface area is 120 Å². The Morgan fingerprint density at radius 2 is 1.75 bits per heavy atom. The van der Waals surface area contributed by atoms with Crippen LogP contribution in [0.4, 0.5) is 0 Å². The zero-order valence-electron chi connectivity index (χ0n) is 12.6. The van der Waals surface area contributed by atoms with Crippen LogP contribution in [0.25, 0.3) is 0 Å². The van der Waals surface area contributed by atoms with Crippen LogP contribution in [0.2, 0.25) is 0 Å². The third kappa shape index (κ3) is 3.16. The van der Waals surface area contributed by atoms with E-state index in [4.69, 9.17) is 18.9 Å². The summed E-state index contributed by atoms with van der Waals surface area (Å²) in [5, 5.41) is 3.54. The molecule has 0 radical (unpaired) electrons. The molecule has 5 nitrogen and oxygen atoms in total. The highest BCUT2D eigenvalue weighted by atomic mass is 16.5. The van der Waals surface area contributed by atoms with Crippen molar-refractivity contribution in [3.8, 4) is 17.2 Å². The lowest BCUT2D eigenvalue weighted by Crippen LogP contribution is -2.42. The lowest BCUT2D eigenvalue weighted by molar-refractivity contribution is 0.171. The summed E-state index contributed by atoms with van der Waals surface area (Å²) < 4.78 is 21.5. The molecule has 1 N–H and O–H groups in total. The lowest BCUT2D eigenvalue weighted by atomic mass is 10.0.